The van der Waals surface area contributed by atoms with Gasteiger partial charge in [-0.25, -0.2) is 4.68 Å². The first kappa shape index (κ1) is 21.6. The molecule has 3 aromatic rings. The number of methoxy groups -OCH3 is 1. The van der Waals surface area contributed by atoms with E-state index < -0.39 is 11.2 Å². The highest BCUT2D eigenvalue weighted by Crippen LogP contribution is 2.33. The molecule has 0 bridgehead atoms. The Kier molecular flexibility index (Phi) is 6.01. The van der Waals surface area contributed by atoms with Crippen LogP contribution in [0.1, 0.15) is 47.2 Å². The molecule has 0 atom stereocenters. The molecule has 1 aliphatic heterocycles. The summed E-state index contributed by atoms with van der Waals surface area (Å²) in [5, 5.41) is 12.7. The molecule has 1 amide bonds. The summed E-state index contributed by atoms with van der Waals surface area (Å²) in [6.45, 7) is 4.22. The van der Waals surface area contributed by atoms with Crippen LogP contribution in [-0.2, 0) is 11.3 Å². The van der Waals surface area contributed by atoms with Crippen LogP contribution in [-0.4, -0.2) is 40.4 Å². The number of benzene rings is 2. The molecule has 0 aliphatic carbocycles. The SMILES string of the molecule is COCc1cc(=O)c(O)c2n1N(C(c1ccccc1)c1ccccc1)CN(C(C)C)C2=O. The summed E-state index contributed by atoms with van der Waals surface area (Å²) in [7, 11) is 1.53. The molecule has 0 saturated carbocycles. The molecule has 7 nitrogen and oxygen atoms in total. The van der Waals surface area contributed by atoms with Crippen molar-refractivity contribution in [3.05, 3.63) is 99.5 Å². The van der Waals surface area contributed by atoms with E-state index in [0.29, 0.717) is 5.69 Å². The average molecular weight is 434 g/mol. The first-order chi connectivity index (χ1) is 15.4. The number of nitrogens with zero attached hydrogens (tertiary/aromatic N) is 3. The molecule has 0 unspecified atom stereocenters. The summed E-state index contributed by atoms with van der Waals surface area (Å²) < 4.78 is 7.00. The van der Waals surface area contributed by atoms with Gasteiger partial charge in [-0.15, -0.1) is 0 Å². The molecule has 32 heavy (non-hydrogen) atoms. The average Bonchev–Trinajstić information content (AvgIpc) is 2.79. The van der Waals surface area contributed by atoms with Crippen LogP contribution in [0.15, 0.2) is 71.5 Å². The van der Waals surface area contributed by atoms with Crippen molar-refractivity contribution in [2.75, 3.05) is 18.8 Å². The molecule has 1 aliphatic rings. The molecule has 7 heteroatoms. The van der Waals surface area contributed by atoms with Crippen molar-refractivity contribution in [3.8, 4) is 5.75 Å². The number of rotatable bonds is 6. The second kappa shape index (κ2) is 8.88. The minimum absolute atomic E-state index is 0.0404. The zero-order chi connectivity index (χ0) is 22.8. The third kappa shape index (κ3) is 3.76. The van der Waals surface area contributed by atoms with Gasteiger partial charge in [-0.1, -0.05) is 60.7 Å². The van der Waals surface area contributed by atoms with Crippen molar-refractivity contribution >= 4 is 5.91 Å². The predicted molar refractivity (Wildman–Crippen MR) is 122 cm³/mol. The lowest BCUT2D eigenvalue weighted by atomic mass is 9.98. The van der Waals surface area contributed by atoms with Crippen molar-refractivity contribution < 1.29 is 14.6 Å². The number of fused-ring (bicyclic) bond motifs is 1. The van der Waals surface area contributed by atoms with Gasteiger partial charge in [0.05, 0.1) is 18.3 Å². The Labute approximate surface area is 187 Å². The fourth-order valence-electron chi connectivity index (χ4n) is 4.20. The molecular weight excluding hydrogens is 406 g/mol. The number of aromatic hydroxyl groups is 1. The number of hydrogen-bond acceptors (Lipinski definition) is 5. The van der Waals surface area contributed by atoms with E-state index in [2.05, 4.69) is 0 Å². The van der Waals surface area contributed by atoms with Crippen LogP contribution in [0.5, 0.6) is 5.75 Å². The maximum Gasteiger partial charge on any atom is 0.278 e. The van der Waals surface area contributed by atoms with Gasteiger partial charge in [0.2, 0.25) is 5.43 Å². The predicted octanol–water partition coefficient (Wildman–Crippen LogP) is 3.25. The van der Waals surface area contributed by atoms with Gasteiger partial charge < -0.3 is 14.7 Å². The highest BCUT2D eigenvalue weighted by molar-refractivity contribution is 5.96. The van der Waals surface area contributed by atoms with Gasteiger partial charge in [-0.2, -0.15) is 0 Å². The Morgan fingerprint density at radius 2 is 1.53 bits per heavy atom. The van der Waals surface area contributed by atoms with E-state index in [1.165, 1.54) is 13.2 Å². The Morgan fingerprint density at radius 1 is 0.969 bits per heavy atom. The number of amides is 1. The summed E-state index contributed by atoms with van der Waals surface area (Å²) in [6, 6.07) is 20.9. The second-order valence-electron chi connectivity index (χ2n) is 8.12. The van der Waals surface area contributed by atoms with Gasteiger partial charge in [0, 0.05) is 19.2 Å². The van der Waals surface area contributed by atoms with E-state index in [1.54, 1.807) is 9.58 Å². The van der Waals surface area contributed by atoms with Crippen molar-refractivity contribution in [1.82, 2.24) is 9.58 Å². The Bertz CT molecular complexity index is 1120. The lowest BCUT2D eigenvalue weighted by Crippen LogP contribution is -2.58. The third-order valence-corrected chi connectivity index (χ3v) is 5.70. The van der Waals surface area contributed by atoms with Gasteiger partial charge in [0.1, 0.15) is 6.67 Å². The van der Waals surface area contributed by atoms with E-state index in [1.807, 2.05) is 79.5 Å². The van der Waals surface area contributed by atoms with Crippen molar-refractivity contribution in [1.29, 1.82) is 0 Å². The number of carbonyl (C=O) groups excluding carboxylic acids is 1. The number of hydrogen-bond donors (Lipinski definition) is 1. The normalized spacial score (nSPS) is 13.7. The van der Waals surface area contributed by atoms with Crippen molar-refractivity contribution in [2.45, 2.75) is 32.5 Å². The van der Waals surface area contributed by atoms with Crippen LogP contribution < -0.4 is 10.4 Å². The van der Waals surface area contributed by atoms with Crippen LogP contribution in [0.4, 0.5) is 0 Å². The van der Waals surface area contributed by atoms with Gasteiger partial charge in [-0.05, 0) is 25.0 Å². The standard InChI is InChI=1S/C25H27N3O4/c1-17(2)26-16-27(22(18-10-6-4-7-11-18)19-12-8-5-9-13-19)28-20(15-32-3)14-21(29)24(30)23(28)25(26)31/h4-14,17,22,30H,15-16H2,1-3H3. The fourth-order valence-corrected chi connectivity index (χ4v) is 4.20. The van der Waals surface area contributed by atoms with E-state index >= 15 is 0 Å². The van der Waals surface area contributed by atoms with E-state index in [9.17, 15) is 14.7 Å². The number of ether oxygens (including phenoxy) is 1. The number of pyridine rings is 1. The molecule has 0 spiro atoms. The first-order valence-electron chi connectivity index (χ1n) is 10.6. The summed E-state index contributed by atoms with van der Waals surface area (Å²) in [4.78, 5) is 27.5. The van der Waals surface area contributed by atoms with Gasteiger partial charge in [-0.3, -0.25) is 14.6 Å². The van der Waals surface area contributed by atoms with Crippen LogP contribution >= 0.6 is 0 Å². The highest BCUT2D eigenvalue weighted by Gasteiger charge is 2.38. The van der Waals surface area contributed by atoms with E-state index in [4.69, 9.17) is 4.74 Å². The maximum atomic E-state index is 13.4. The molecule has 166 valence electrons. The van der Waals surface area contributed by atoms with Crippen molar-refractivity contribution in [2.24, 2.45) is 0 Å². The largest absolute Gasteiger partial charge is 0.502 e. The highest BCUT2D eigenvalue weighted by atomic mass is 16.5. The lowest BCUT2D eigenvalue weighted by molar-refractivity contribution is 0.0612. The molecule has 0 radical (unpaired) electrons. The maximum absolute atomic E-state index is 13.4. The van der Waals surface area contributed by atoms with Crippen LogP contribution in [0.3, 0.4) is 0 Å². The van der Waals surface area contributed by atoms with Crippen LogP contribution in [0.2, 0.25) is 0 Å². The van der Waals surface area contributed by atoms with Gasteiger partial charge in [0.25, 0.3) is 5.91 Å². The molecule has 4 rings (SSSR count). The number of aromatic nitrogens is 1. The summed E-state index contributed by atoms with van der Waals surface area (Å²) >= 11 is 0. The first-order valence-corrected chi connectivity index (χ1v) is 10.6. The lowest BCUT2D eigenvalue weighted by Gasteiger charge is -2.46. The zero-order valence-electron chi connectivity index (χ0n) is 18.4. The molecule has 0 fully saturated rings. The molecule has 0 saturated heterocycles. The van der Waals surface area contributed by atoms with Gasteiger partial charge in [0.15, 0.2) is 11.4 Å². The second-order valence-corrected chi connectivity index (χ2v) is 8.12. The summed E-state index contributed by atoms with van der Waals surface area (Å²) in [5.74, 6) is -0.936. The topological polar surface area (TPSA) is 75.0 Å². The molecule has 2 heterocycles. The minimum atomic E-state index is -0.599. The summed E-state index contributed by atoms with van der Waals surface area (Å²) in [5.41, 5.74) is 1.90. The minimum Gasteiger partial charge on any atom is -0.502 e. The Balaban J connectivity index is 2.02. The van der Waals surface area contributed by atoms with Gasteiger partial charge >= 0.3 is 0 Å². The molecule has 1 aromatic heterocycles. The molecular formula is C25H27N3O4. The monoisotopic (exact) mass is 433 g/mol. The smallest absolute Gasteiger partial charge is 0.278 e. The third-order valence-electron chi connectivity index (χ3n) is 5.70. The summed E-state index contributed by atoms with van der Waals surface area (Å²) in [6.07, 6.45) is 0. The van der Waals surface area contributed by atoms with E-state index in [0.717, 1.165) is 11.1 Å². The fraction of sp³-hybridized carbons (Fsp3) is 0.280. The quantitative estimate of drug-likeness (QED) is 0.646. The molecule has 2 aromatic carbocycles. The molecule has 1 N–H and O–H groups in total. The zero-order valence-corrected chi connectivity index (χ0v) is 18.4. The van der Waals surface area contributed by atoms with Crippen LogP contribution in [0, 0.1) is 0 Å². The number of carbonyl (C=O) groups is 1. The Hall–Kier alpha value is -3.58. The van der Waals surface area contributed by atoms with Crippen LogP contribution in [0.25, 0.3) is 0 Å². The Morgan fingerprint density at radius 3 is 2.03 bits per heavy atom. The van der Waals surface area contributed by atoms with E-state index in [-0.39, 0.29) is 37.0 Å². The van der Waals surface area contributed by atoms with Crippen molar-refractivity contribution in [3.63, 3.8) is 0 Å².